The summed E-state index contributed by atoms with van der Waals surface area (Å²) in [6, 6.07) is 3.57. The second-order valence-corrected chi connectivity index (χ2v) is 4.37. The average molecular weight is 261 g/mol. The highest BCUT2D eigenvalue weighted by Crippen LogP contribution is 2.24. The van der Waals surface area contributed by atoms with Gasteiger partial charge in [-0.1, -0.05) is 0 Å². The van der Waals surface area contributed by atoms with Crippen LogP contribution in [0.3, 0.4) is 0 Å². The van der Waals surface area contributed by atoms with Gasteiger partial charge in [-0.3, -0.25) is 10.1 Å². The van der Waals surface area contributed by atoms with Gasteiger partial charge in [0.05, 0.1) is 4.92 Å². The lowest BCUT2D eigenvalue weighted by Gasteiger charge is -2.28. The first-order valence-electron chi connectivity index (χ1n) is 6.19. The highest BCUT2D eigenvalue weighted by Gasteiger charge is 2.25. The van der Waals surface area contributed by atoms with Crippen LogP contribution in [-0.4, -0.2) is 35.6 Å². The van der Waals surface area contributed by atoms with E-state index in [1.54, 1.807) is 0 Å². The van der Waals surface area contributed by atoms with Crippen molar-refractivity contribution in [2.45, 2.75) is 19.4 Å². The number of likely N-dealkylation sites (N-methyl/N-ethyl adjacent to an activating group) is 1. The van der Waals surface area contributed by atoms with Gasteiger partial charge in [-0.05, 0) is 19.9 Å². The Morgan fingerprint density at radius 2 is 2.53 bits per heavy atom. The predicted octanol–water partition coefficient (Wildman–Crippen LogP) is 1.05. The smallest absolute Gasteiger partial charge is 0.289 e. The van der Waals surface area contributed by atoms with E-state index in [4.69, 9.17) is 5.26 Å². The Labute approximate surface area is 111 Å². The fourth-order valence-corrected chi connectivity index (χ4v) is 2.34. The molecular weight excluding hydrogens is 246 g/mol. The second kappa shape index (κ2) is 5.63. The molecule has 7 heteroatoms. The topological polar surface area (TPSA) is 95.1 Å². The molecule has 1 unspecified atom stereocenters. The summed E-state index contributed by atoms with van der Waals surface area (Å²) in [5, 5.41) is 23.1. The van der Waals surface area contributed by atoms with Crippen LogP contribution in [0.1, 0.15) is 18.9 Å². The van der Waals surface area contributed by atoms with Crippen LogP contribution in [0.5, 0.6) is 0 Å². The summed E-state index contributed by atoms with van der Waals surface area (Å²) in [6.45, 7) is 4.49. The Kier molecular flexibility index (Phi) is 3.92. The SMILES string of the molecule is CCN(c1ncc([N+](=O)[O-])cc1C#N)C1CCNC1. The Morgan fingerprint density at radius 1 is 1.74 bits per heavy atom. The lowest BCUT2D eigenvalue weighted by Crippen LogP contribution is -2.37. The molecule has 1 saturated heterocycles. The lowest BCUT2D eigenvalue weighted by atomic mass is 10.1. The molecule has 1 aliphatic heterocycles. The number of rotatable bonds is 4. The zero-order valence-corrected chi connectivity index (χ0v) is 10.7. The number of nitrogens with one attached hydrogen (secondary N) is 1. The Hall–Kier alpha value is -2.20. The van der Waals surface area contributed by atoms with Crippen LogP contribution in [0.15, 0.2) is 12.3 Å². The Morgan fingerprint density at radius 3 is 3.05 bits per heavy atom. The molecular formula is C12H15N5O2. The van der Waals surface area contributed by atoms with Gasteiger partial charge in [-0.2, -0.15) is 5.26 Å². The largest absolute Gasteiger partial charge is 0.351 e. The molecule has 0 saturated carbocycles. The number of hydrogen-bond acceptors (Lipinski definition) is 6. The van der Waals surface area contributed by atoms with Crippen molar-refractivity contribution in [2.24, 2.45) is 0 Å². The van der Waals surface area contributed by atoms with Gasteiger partial charge < -0.3 is 10.2 Å². The molecule has 0 amide bonds. The highest BCUT2D eigenvalue weighted by atomic mass is 16.6. The predicted molar refractivity (Wildman–Crippen MR) is 69.9 cm³/mol. The van der Waals surface area contributed by atoms with E-state index in [9.17, 15) is 10.1 Å². The quantitative estimate of drug-likeness (QED) is 0.643. The number of nitriles is 1. The van der Waals surface area contributed by atoms with Crippen molar-refractivity contribution in [1.29, 1.82) is 5.26 Å². The van der Waals surface area contributed by atoms with E-state index in [2.05, 4.69) is 10.3 Å². The number of aromatic nitrogens is 1. The minimum Gasteiger partial charge on any atom is -0.351 e. The van der Waals surface area contributed by atoms with Crippen LogP contribution in [0.4, 0.5) is 11.5 Å². The van der Waals surface area contributed by atoms with Gasteiger partial charge in [-0.25, -0.2) is 4.98 Å². The lowest BCUT2D eigenvalue weighted by molar-refractivity contribution is -0.385. The van der Waals surface area contributed by atoms with E-state index in [1.807, 2.05) is 17.9 Å². The number of nitro groups is 1. The minimum atomic E-state index is -0.537. The third-order valence-corrected chi connectivity index (χ3v) is 3.27. The Balaban J connectivity index is 2.37. The van der Waals surface area contributed by atoms with Gasteiger partial charge in [-0.15, -0.1) is 0 Å². The molecule has 0 aliphatic carbocycles. The fraction of sp³-hybridized carbons (Fsp3) is 0.500. The summed E-state index contributed by atoms with van der Waals surface area (Å²) in [5.74, 6) is 0.532. The number of hydrogen-bond donors (Lipinski definition) is 1. The van der Waals surface area contributed by atoms with Crippen molar-refractivity contribution >= 4 is 11.5 Å². The summed E-state index contributed by atoms with van der Waals surface area (Å²) < 4.78 is 0. The molecule has 1 fully saturated rings. The third kappa shape index (κ3) is 2.63. The van der Waals surface area contributed by atoms with Gasteiger partial charge in [0.2, 0.25) is 0 Å². The van der Waals surface area contributed by atoms with Crippen LogP contribution in [-0.2, 0) is 0 Å². The molecule has 0 spiro atoms. The van der Waals surface area contributed by atoms with Crippen molar-refractivity contribution < 1.29 is 4.92 Å². The van der Waals surface area contributed by atoms with Crippen molar-refractivity contribution in [3.8, 4) is 6.07 Å². The number of anilines is 1. The van der Waals surface area contributed by atoms with Crippen LogP contribution in [0.2, 0.25) is 0 Å². The molecule has 0 aromatic carbocycles. The van der Waals surface area contributed by atoms with E-state index in [-0.39, 0.29) is 17.3 Å². The number of pyridine rings is 1. The first-order chi connectivity index (χ1) is 9.17. The fourth-order valence-electron chi connectivity index (χ4n) is 2.34. The Bertz CT molecular complexity index is 519. The van der Waals surface area contributed by atoms with Gasteiger partial charge in [0.1, 0.15) is 23.6 Å². The van der Waals surface area contributed by atoms with Crippen LogP contribution in [0, 0.1) is 21.4 Å². The van der Waals surface area contributed by atoms with E-state index in [0.29, 0.717) is 12.4 Å². The van der Waals surface area contributed by atoms with Crippen molar-refractivity contribution in [3.63, 3.8) is 0 Å². The first kappa shape index (κ1) is 13.2. The molecule has 1 aromatic heterocycles. The van der Waals surface area contributed by atoms with Gasteiger partial charge in [0, 0.05) is 25.2 Å². The van der Waals surface area contributed by atoms with Gasteiger partial charge in [0.25, 0.3) is 5.69 Å². The molecule has 0 radical (unpaired) electrons. The maximum atomic E-state index is 10.7. The van der Waals surface area contributed by atoms with Gasteiger partial charge >= 0.3 is 0 Å². The summed E-state index contributed by atoms with van der Waals surface area (Å²) in [6.07, 6.45) is 2.19. The van der Waals surface area contributed by atoms with Crippen molar-refractivity contribution in [1.82, 2.24) is 10.3 Å². The maximum absolute atomic E-state index is 10.7. The third-order valence-electron chi connectivity index (χ3n) is 3.27. The van der Waals surface area contributed by atoms with E-state index in [0.717, 1.165) is 19.5 Å². The van der Waals surface area contributed by atoms with Crippen molar-refractivity contribution in [3.05, 3.63) is 27.9 Å². The maximum Gasteiger partial charge on any atom is 0.289 e. The average Bonchev–Trinajstić information content (AvgIpc) is 2.93. The first-order valence-corrected chi connectivity index (χ1v) is 6.19. The summed E-state index contributed by atoms with van der Waals surface area (Å²) in [5.41, 5.74) is 0.101. The van der Waals surface area contributed by atoms with E-state index >= 15 is 0 Å². The molecule has 2 rings (SSSR count). The molecule has 1 aromatic rings. The highest BCUT2D eigenvalue weighted by molar-refractivity contribution is 5.57. The van der Waals surface area contributed by atoms with E-state index < -0.39 is 4.92 Å². The summed E-state index contributed by atoms with van der Waals surface area (Å²) >= 11 is 0. The van der Waals surface area contributed by atoms with Gasteiger partial charge in [0.15, 0.2) is 0 Å². The molecule has 0 bridgehead atoms. The molecule has 100 valence electrons. The molecule has 19 heavy (non-hydrogen) atoms. The monoisotopic (exact) mass is 261 g/mol. The van der Waals surface area contributed by atoms with Crippen LogP contribution in [0.25, 0.3) is 0 Å². The summed E-state index contributed by atoms with van der Waals surface area (Å²) in [7, 11) is 0. The normalized spacial score (nSPS) is 18.0. The second-order valence-electron chi connectivity index (χ2n) is 4.37. The minimum absolute atomic E-state index is 0.152. The zero-order chi connectivity index (χ0) is 13.8. The molecule has 2 heterocycles. The zero-order valence-electron chi connectivity index (χ0n) is 10.7. The van der Waals surface area contributed by atoms with Crippen molar-refractivity contribution in [2.75, 3.05) is 24.5 Å². The van der Waals surface area contributed by atoms with Crippen LogP contribution < -0.4 is 10.2 Å². The number of nitrogens with zero attached hydrogens (tertiary/aromatic N) is 4. The van der Waals surface area contributed by atoms with E-state index in [1.165, 1.54) is 12.3 Å². The van der Waals surface area contributed by atoms with Crippen LogP contribution >= 0.6 is 0 Å². The molecule has 1 aliphatic rings. The molecule has 1 N–H and O–H groups in total. The summed E-state index contributed by atoms with van der Waals surface area (Å²) in [4.78, 5) is 16.3. The standard InChI is InChI=1S/C12H15N5O2/c1-2-16(10-3-4-14-7-10)12-9(6-13)5-11(8-15-12)17(18)19/h5,8,10,14H,2-4,7H2,1H3. The molecule has 1 atom stereocenters. The molecule has 7 nitrogen and oxygen atoms in total.